The summed E-state index contributed by atoms with van der Waals surface area (Å²) < 4.78 is 2.13. The van der Waals surface area contributed by atoms with E-state index >= 15 is 0 Å². The van der Waals surface area contributed by atoms with Crippen molar-refractivity contribution in [2.75, 3.05) is 0 Å². The van der Waals surface area contributed by atoms with Crippen LogP contribution in [0.3, 0.4) is 0 Å². The van der Waals surface area contributed by atoms with Crippen LogP contribution in [0.25, 0.3) is 11.0 Å². The minimum Gasteiger partial charge on any atom is -0.481 e. The molecule has 0 aromatic carbocycles. The van der Waals surface area contributed by atoms with Crippen molar-refractivity contribution >= 4 is 17.0 Å². The number of aliphatic carboxylic acids is 1. The number of carbonyl (C=O) groups is 1. The standard InChI is InChI=1S/C13H14N2O2/c1-8-4-11-9(5-12(16)17)7-15(10-2-3-10)13(11)14-6-8/h4,6-7,10H,2-3,5H2,1H3,(H,16,17). The highest BCUT2D eigenvalue weighted by molar-refractivity contribution is 5.85. The monoisotopic (exact) mass is 230 g/mol. The molecule has 4 nitrogen and oxygen atoms in total. The van der Waals surface area contributed by atoms with E-state index in [9.17, 15) is 4.79 Å². The normalized spacial score (nSPS) is 15.4. The van der Waals surface area contributed by atoms with Crippen LogP contribution in [0, 0.1) is 6.92 Å². The summed E-state index contributed by atoms with van der Waals surface area (Å²) in [4.78, 5) is 15.3. The second kappa shape index (κ2) is 3.58. The highest BCUT2D eigenvalue weighted by Crippen LogP contribution is 2.38. The Hall–Kier alpha value is -1.84. The van der Waals surface area contributed by atoms with Gasteiger partial charge in [-0.3, -0.25) is 4.79 Å². The van der Waals surface area contributed by atoms with Crippen LogP contribution in [0.15, 0.2) is 18.5 Å². The number of carboxylic acids is 1. The van der Waals surface area contributed by atoms with Crippen LogP contribution in [0.4, 0.5) is 0 Å². The molecule has 0 bridgehead atoms. The van der Waals surface area contributed by atoms with Gasteiger partial charge >= 0.3 is 5.97 Å². The van der Waals surface area contributed by atoms with Crippen molar-refractivity contribution in [3.63, 3.8) is 0 Å². The maximum atomic E-state index is 10.9. The number of nitrogens with zero attached hydrogens (tertiary/aromatic N) is 2. The molecule has 2 heterocycles. The molecular weight excluding hydrogens is 216 g/mol. The summed E-state index contributed by atoms with van der Waals surface area (Å²) in [5.41, 5.74) is 2.86. The van der Waals surface area contributed by atoms with Gasteiger partial charge in [-0.05, 0) is 37.0 Å². The number of aryl methyl sites for hydroxylation is 1. The highest BCUT2D eigenvalue weighted by Gasteiger charge is 2.26. The maximum absolute atomic E-state index is 10.9. The van der Waals surface area contributed by atoms with E-state index in [2.05, 4.69) is 9.55 Å². The molecule has 0 spiro atoms. The summed E-state index contributed by atoms with van der Waals surface area (Å²) in [5, 5.41) is 9.91. The molecule has 0 amide bonds. The van der Waals surface area contributed by atoms with E-state index in [1.807, 2.05) is 25.4 Å². The van der Waals surface area contributed by atoms with E-state index in [0.29, 0.717) is 6.04 Å². The van der Waals surface area contributed by atoms with E-state index in [1.54, 1.807) is 0 Å². The van der Waals surface area contributed by atoms with Crippen LogP contribution in [0.2, 0.25) is 0 Å². The van der Waals surface area contributed by atoms with Crippen LogP contribution < -0.4 is 0 Å². The first kappa shape index (κ1) is 10.3. The molecule has 2 aromatic rings. The average Bonchev–Trinajstić information content (AvgIpc) is 3.04. The lowest BCUT2D eigenvalue weighted by atomic mass is 10.1. The summed E-state index contributed by atoms with van der Waals surface area (Å²) in [6.45, 7) is 1.98. The van der Waals surface area contributed by atoms with Gasteiger partial charge in [0.2, 0.25) is 0 Å². The summed E-state index contributed by atoms with van der Waals surface area (Å²) in [6, 6.07) is 2.55. The first-order chi connectivity index (χ1) is 8.15. The van der Waals surface area contributed by atoms with Gasteiger partial charge in [-0.25, -0.2) is 4.98 Å². The molecule has 88 valence electrons. The third-order valence-corrected chi connectivity index (χ3v) is 3.17. The van der Waals surface area contributed by atoms with E-state index < -0.39 is 5.97 Å². The Kier molecular flexibility index (Phi) is 2.18. The molecule has 0 unspecified atom stereocenters. The van der Waals surface area contributed by atoms with Crippen molar-refractivity contribution in [1.82, 2.24) is 9.55 Å². The Balaban J connectivity index is 2.19. The molecule has 1 aliphatic carbocycles. The largest absolute Gasteiger partial charge is 0.481 e. The van der Waals surface area contributed by atoms with E-state index in [-0.39, 0.29) is 6.42 Å². The lowest BCUT2D eigenvalue weighted by Gasteiger charge is -2.00. The predicted octanol–water partition coefficient (Wildman–Crippen LogP) is 2.31. The zero-order chi connectivity index (χ0) is 12.0. The zero-order valence-corrected chi connectivity index (χ0v) is 9.68. The predicted molar refractivity (Wildman–Crippen MR) is 64.1 cm³/mol. The van der Waals surface area contributed by atoms with Gasteiger partial charge in [0.05, 0.1) is 6.42 Å². The lowest BCUT2D eigenvalue weighted by molar-refractivity contribution is -0.136. The number of rotatable bonds is 3. The van der Waals surface area contributed by atoms with Gasteiger partial charge in [0.15, 0.2) is 0 Å². The Morgan fingerprint density at radius 1 is 1.59 bits per heavy atom. The molecule has 0 atom stereocenters. The number of fused-ring (bicyclic) bond motifs is 1. The van der Waals surface area contributed by atoms with E-state index in [4.69, 9.17) is 5.11 Å². The van der Waals surface area contributed by atoms with Crippen molar-refractivity contribution < 1.29 is 9.90 Å². The first-order valence-electron chi connectivity index (χ1n) is 5.83. The molecule has 2 aromatic heterocycles. The molecule has 1 aliphatic rings. The smallest absolute Gasteiger partial charge is 0.307 e. The molecule has 1 saturated carbocycles. The fourth-order valence-corrected chi connectivity index (χ4v) is 2.24. The number of hydrogen-bond acceptors (Lipinski definition) is 2. The van der Waals surface area contributed by atoms with Crippen molar-refractivity contribution in [3.8, 4) is 0 Å². The second-order valence-electron chi connectivity index (χ2n) is 4.75. The third kappa shape index (κ3) is 1.79. The number of hydrogen-bond donors (Lipinski definition) is 1. The third-order valence-electron chi connectivity index (χ3n) is 3.17. The zero-order valence-electron chi connectivity index (χ0n) is 9.68. The van der Waals surface area contributed by atoms with Gasteiger partial charge < -0.3 is 9.67 Å². The Morgan fingerprint density at radius 2 is 2.35 bits per heavy atom. The SMILES string of the molecule is Cc1cnc2c(c1)c(CC(=O)O)cn2C1CC1. The first-order valence-corrected chi connectivity index (χ1v) is 5.83. The highest BCUT2D eigenvalue weighted by atomic mass is 16.4. The fraction of sp³-hybridized carbons (Fsp3) is 0.385. The molecule has 0 radical (unpaired) electrons. The average molecular weight is 230 g/mol. The number of pyridine rings is 1. The van der Waals surface area contributed by atoms with Gasteiger partial charge in [0.1, 0.15) is 5.65 Å². The summed E-state index contributed by atoms with van der Waals surface area (Å²) in [5.74, 6) is -0.790. The summed E-state index contributed by atoms with van der Waals surface area (Å²) in [7, 11) is 0. The fourth-order valence-electron chi connectivity index (χ4n) is 2.24. The Morgan fingerprint density at radius 3 is 3.00 bits per heavy atom. The Bertz CT molecular complexity index is 597. The van der Waals surface area contributed by atoms with Gasteiger partial charge in [0.25, 0.3) is 0 Å². The van der Waals surface area contributed by atoms with Crippen molar-refractivity contribution in [1.29, 1.82) is 0 Å². The molecule has 1 fully saturated rings. The van der Waals surface area contributed by atoms with Gasteiger partial charge in [-0.2, -0.15) is 0 Å². The van der Waals surface area contributed by atoms with Crippen LogP contribution in [0.1, 0.15) is 30.0 Å². The molecular formula is C13H14N2O2. The van der Waals surface area contributed by atoms with Crippen LogP contribution >= 0.6 is 0 Å². The van der Waals surface area contributed by atoms with Crippen molar-refractivity contribution in [2.24, 2.45) is 0 Å². The minimum absolute atomic E-state index is 0.0708. The quantitative estimate of drug-likeness (QED) is 0.880. The minimum atomic E-state index is -0.790. The summed E-state index contributed by atoms with van der Waals surface area (Å²) in [6.07, 6.45) is 6.22. The molecule has 3 rings (SSSR count). The molecule has 1 N–H and O–H groups in total. The molecule has 0 saturated heterocycles. The van der Waals surface area contributed by atoms with E-state index in [0.717, 1.165) is 22.2 Å². The van der Waals surface area contributed by atoms with Crippen molar-refractivity contribution in [3.05, 3.63) is 29.6 Å². The van der Waals surface area contributed by atoms with Gasteiger partial charge in [-0.15, -0.1) is 0 Å². The maximum Gasteiger partial charge on any atom is 0.307 e. The second-order valence-corrected chi connectivity index (χ2v) is 4.75. The van der Waals surface area contributed by atoms with Crippen molar-refractivity contribution in [2.45, 2.75) is 32.2 Å². The number of aromatic nitrogens is 2. The lowest BCUT2D eigenvalue weighted by Crippen LogP contribution is -1.99. The molecule has 4 heteroatoms. The van der Waals surface area contributed by atoms with Crippen LogP contribution in [-0.4, -0.2) is 20.6 Å². The van der Waals surface area contributed by atoms with Gasteiger partial charge in [0, 0.05) is 23.8 Å². The molecule has 0 aliphatic heterocycles. The number of carboxylic acid groups (broad SMARTS) is 1. The molecule has 17 heavy (non-hydrogen) atoms. The van der Waals surface area contributed by atoms with E-state index in [1.165, 1.54) is 12.8 Å². The van der Waals surface area contributed by atoms with Crippen LogP contribution in [-0.2, 0) is 11.2 Å². The van der Waals surface area contributed by atoms with Crippen LogP contribution in [0.5, 0.6) is 0 Å². The topological polar surface area (TPSA) is 55.1 Å². The van der Waals surface area contributed by atoms with Gasteiger partial charge in [-0.1, -0.05) is 0 Å². The Labute approximate surface area is 98.9 Å². The summed E-state index contributed by atoms with van der Waals surface area (Å²) >= 11 is 0.